The van der Waals surface area contributed by atoms with Gasteiger partial charge >= 0.3 is 0 Å². The van der Waals surface area contributed by atoms with Gasteiger partial charge in [-0.15, -0.1) is 0 Å². The van der Waals surface area contributed by atoms with Crippen LogP contribution >= 0.6 is 23.2 Å². The quantitative estimate of drug-likeness (QED) is 0.341. The Bertz CT molecular complexity index is 1240. The Morgan fingerprint density at radius 2 is 1.61 bits per heavy atom. The number of amides is 1. The SMILES string of the molecule is O=C(Nc1ccc(Cl)cc1Cl)c1cc(OCCc2ccccc2)c2ccccc2c1O. The van der Waals surface area contributed by atoms with Gasteiger partial charge in [-0.3, -0.25) is 4.79 Å². The fourth-order valence-electron chi connectivity index (χ4n) is 3.32. The number of aromatic hydroxyl groups is 1. The third-order valence-electron chi connectivity index (χ3n) is 4.89. The van der Waals surface area contributed by atoms with E-state index in [1.165, 1.54) is 6.07 Å². The number of carbonyl (C=O) groups is 1. The molecule has 0 aromatic heterocycles. The normalized spacial score (nSPS) is 10.8. The first-order valence-corrected chi connectivity index (χ1v) is 10.5. The van der Waals surface area contributed by atoms with Crippen molar-refractivity contribution in [2.75, 3.05) is 11.9 Å². The van der Waals surface area contributed by atoms with Crippen LogP contribution in [0, 0.1) is 0 Å². The lowest BCUT2D eigenvalue weighted by molar-refractivity contribution is 0.102. The molecule has 0 aliphatic carbocycles. The highest BCUT2D eigenvalue weighted by atomic mass is 35.5. The number of rotatable bonds is 6. The van der Waals surface area contributed by atoms with Crippen molar-refractivity contribution in [3.05, 3.63) is 100 Å². The second-order valence-corrected chi connectivity index (χ2v) is 7.82. The first-order chi connectivity index (χ1) is 15.0. The van der Waals surface area contributed by atoms with Crippen LogP contribution in [0.2, 0.25) is 10.0 Å². The van der Waals surface area contributed by atoms with Crippen LogP contribution < -0.4 is 10.1 Å². The van der Waals surface area contributed by atoms with Crippen molar-refractivity contribution in [1.82, 2.24) is 0 Å². The lowest BCUT2D eigenvalue weighted by atomic mass is 10.0. The number of phenols is 1. The van der Waals surface area contributed by atoms with Gasteiger partial charge in [-0.25, -0.2) is 0 Å². The molecule has 0 atom stereocenters. The predicted molar refractivity (Wildman–Crippen MR) is 126 cm³/mol. The topological polar surface area (TPSA) is 58.6 Å². The highest BCUT2D eigenvalue weighted by Crippen LogP contribution is 2.37. The Hall–Kier alpha value is -3.21. The minimum Gasteiger partial charge on any atom is -0.506 e. The van der Waals surface area contributed by atoms with Gasteiger partial charge in [0.25, 0.3) is 5.91 Å². The molecule has 0 spiro atoms. The fourth-order valence-corrected chi connectivity index (χ4v) is 3.78. The van der Waals surface area contributed by atoms with Crippen molar-refractivity contribution in [3.8, 4) is 11.5 Å². The van der Waals surface area contributed by atoms with E-state index >= 15 is 0 Å². The minimum absolute atomic E-state index is 0.0967. The highest BCUT2D eigenvalue weighted by molar-refractivity contribution is 6.36. The molecule has 0 radical (unpaired) electrons. The van der Waals surface area contributed by atoms with Crippen LogP contribution in [0.4, 0.5) is 5.69 Å². The number of hydrogen-bond donors (Lipinski definition) is 2. The van der Waals surface area contributed by atoms with Gasteiger partial charge in [-0.05, 0) is 29.8 Å². The van der Waals surface area contributed by atoms with E-state index in [4.69, 9.17) is 27.9 Å². The summed E-state index contributed by atoms with van der Waals surface area (Å²) in [6.07, 6.45) is 0.720. The standard InChI is InChI=1S/C25H19Cl2NO3/c26-17-10-11-22(21(27)14-17)28-25(30)20-15-23(18-8-4-5-9-19(18)24(20)29)31-13-12-16-6-2-1-3-7-16/h1-11,14-15,29H,12-13H2,(H,28,30). The maximum absolute atomic E-state index is 12.9. The molecule has 6 heteroatoms. The van der Waals surface area contributed by atoms with E-state index < -0.39 is 5.91 Å². The molecule has 4 aromatic rings. The lowest BCUT2D eigenvalue weighted by Crippen LogP contribution is -2.13. The molecule has 4 aromatic carbocycles. The Balaban J connectivity index is 1.63. The Morgan fingerprint density at radius 1 is 0.903 bits per heavy atom. The van der Waals surface area contributed by atoms with Crippen molar-refractivity contribution < 1.29 is 14.6 Å². The van der Waals surface area contributed by atoms with Crippen LogP contribution in [-0.2, 0) is 6.42 Å². The molecule has 4 nitrogen and oxygen atoms in total. The van der Waals surface area contributed by atoms with Crippen molar-refractivity contribution in [3.63, 3.8) is 0 Å². The molecule has 31 heavy (non-hydrogen) atoms. The number of hydrogen-bond acceptors (Lipinski definition) is 3. The first kappa shape index (κ1) is 21.0. The van der Waals surface area contributed by atoms with Gasteiger partial charge in [0.15, 0.2) is 0 Å². The second kappa shape index (κ2) is 9.29. The summed E-state index contributed by atoms with van der Waals surface area (Å²) < 4.78 is 6.02. The third-order valence-corrected chi connectivity index (χ3v) is 5.44. The van der Waals surface area contributed by atoms with E-state index in [1.54, 1.807) is 30.3 Å². The van der Waals surface area contributed by atoms with E-state index in [1.807, 2.05) is 42.5 Å². The van der Waals surface area contributed by atoms with E-state index in [2.05, 4.69) is 5.32 Å². The average Bonchev–Trinajstić information content (AvgIpc) is 2.78. The van der Waals surface area contributed by atoms with Gasteiger partial charge in [-0.1, -0.05) is 77.8 Å². The number of nitrogens with one attached hydrogen (secondary N) is 1. The van der Waals surface area contributed by atoms with E-state index in [0.29, 0.717) is 33.5 Å². The molecule has 0 aliphatic heterocycles. The largest absolute Gasteiger partial charge is 0.506 e. The summed E-state index contributed by atoms with van der Waals surface area (Å²) >= 11 is 12.1. The number of anilines is 1. The molecule has 2 N–H and O–H groups in total. The Morgan fingerprint density at radius 3 is 2.35 bits per heavy atom. The molecule has 0 unspecified atom stereocenters. The van der Waals surface area contributed by atoms with Crippen LogP contribution in [0.3, 0.4) is 0 Å². The molecule has 0 saturated carbocycles. The molecular formula is C25H19Cl2NO3. The molecule has 1 amide bonds. The molecule has 4 rings (SSSR count). The second-order valence-electron chi connectivity index (χ2n) is 6.98. The molecule has 0 saturated heterocycles. The molecule has 0 bridgehead atoms. The zero-order valence-electron chi connectivity index (χ0n) is 16.4. The predicted octanol–water partition coefficient (Wildman–Crippen LogP) is 6.73. The van der Waals surface area contributed by atoms with Crippen molar-refractivity contribution in [2.24, 2.45) is 0 Å². The third kappa shape index (κ3) is 4.76. The molecule has 0 fully saturated rings. The summed E-state index contributed by atoms with van der Waals surface area (Å²) in [5.74, 6) is -0.0920. The minimum atomic E-state index is -0.500. The summed E-state index contributed by atoms with van der Waals surface area (Å²) in [5, 5.41) is 15.5. The van der Waals surface area contributed by atoms with Crippen molar-refractivity contribution in [2.45, 2.75) is 6.42 Å². The maximum atomic E-state index is 12.9. The monoisotopic (exact) mass is 451 g/mol. The maximum Gasteiger partial charge on any atom is 0.259 e. The van der Waals surface area contributed by atoms with Crippen LogP contribution in [-0.4, -0.2) is 17.6 Å². The Labute approximate surface area is 190 Å². The summed E-state index contributed by atoms with van der Waals surface area (Å²) in [6, 6.07) is 23.6. The first-order valence-electron chi connectivity index (χ1n) is 9.71. The summed E-state index contributed by atoms with van der Waals surface area (Å²) in [7, 11) is 0. The van der Waals surface area contributed by atoms with E-state index in [0.717, 1.165) is 17.4 Å². The van der Waals surface area contributed by atoms with Crippen molar-refractivity contribution in [1.29, 1.82) is 0 Å². The van der Waals surface area contributed by atoms with Gasteiger partial charge in [0.2, 0.25) is 0 Å². The summed E-state index contributed by atoms with van der Waals surface area (Å²) in [5.41, 5.74) is 1.65. The Kier molecular flexibility index (Phi) is 6.31. The van der Waals surface area contributed by atoms with Crippen LogP contribution in [0.25, 0.3) is 10.8 Å². The summed E-state index contributed by atoms with van der Waals surface area (Å²) in [6.45, 7) is 0.433. The van der Waals surface area contributed by atoms with E-state index in [-0.39, 0.29) is 11.3 Å². The lowest BCUT2D eigenvalue weighted by Gasteiger charge is -2.15. The number of ether oxygens (including phenoxy) is 1. The van der Waals surface area contributed by atoms with E-state index in [9.17, 15) is 9.90 Å². The van der Waals surface area contributed by atoms with Crippen LogP contribution in [0.15, 0.2) is 78.9 Å². The van der Waals surface area contributed by atoms with Gasteiger partial charge in [0, 0.05) is 22.2 Å². The zero-order valence-corrected chi connectivity index (χ0v) is 18.0. The zero-order chi connectivity index (χ0) is 21.8. The van der Waals surface area contributed by atoms with Crippen molar-refractivity contribution >= 4 is 45.6 Å². The van der Waals surface area contributed by atoms with Crippen LogP contribution in [0.1, 0.15) is 15.9 Å². The smallest absolute Gasteiger partial charge is 0.259 e. The van der Waals surface area contributed by atoms with Gasteiger partial charge < -0.3 is 15.2 Å². The number of fused-ring (bicyclic) bond motifs is 1. The number of carbonyl (C=O) groups excluding carboxylic acids is 1. The van der Waals surface area contributed by atoms with Gasteiger partial charge in [0.1, 0.15) is 11.5 Å². The fraction of sp³-hybridized carbons (Fsp3) is 0.0800. The molecule has 0 aliphatic rings. The summed E-state index contributed by atoms with van der Waals surface area (Å²) in [4.78, 5) is 12.9. The number of halogens is 2. The average molecular weight is 452 g/mol. The van der Waals surface area contributed by atoms with Gasteiger partial charge in [-0.2, -0.15) is 0 Å². The van der Waals surface area contributed by atoms with Gasteiger partial charge in [0.05, 0.1) is 22.9 Å². The molecule has 0 heterocycles. The van der Waals surface area contributed by atoms with Crippen LogP contribution in [0.5, 0.6) is 11.5 Å². The molecular weight excluding hydrogens is 433 g/mol. The number of phenolic OH excluding ortho intramolecular Hbond substituents is 1. The molecule has 156 valence electrons. The number of benzene rings is 4. The highest BCUT2D eigenvalue weighted by Gasteiger charge is 2.19.